The number of hydrogen-bond donors (Lipinski definition) is 2. The smallest absolute Gasteiger partial charge is 0.160 e. The van der Waals surface area contributed by atoms with E-state index >= 15 is 0 Å². The summed E-state index contributed by atoms with van der Waals surface area (Å²) in [6.45, 7) is 0. The van der Waals surface area contributed by atoms with E-state index in [1.807, 2.05) is 0 Å². The number of nitrogens with zero attached hydrogens (tertiary/aromatic N) is 2. The first kappa shape index (κ1) is 10.5. The summed E-state index contributed by atoms with van der Waals surface area (Å²) in [5.74, 6) is -0.315. The molecule has 0 radical (unpaired) electrons. The van der Waals surface area contributed by atoms with Gasteiger partial charge in [-0.2, -0.15) is 0 Å². The number of anilines is 3. The van der Waals surface area contributed by atoms with Crippen molar-refractivity contribution in [3.8, 4) is 0 Å². The highest BCUT2D eigenvalue weighted by molar-refractivity contribution is 5.96. The summed E-state index contributed by atoms with van der Waals surface area (Å²) >= 11 is 0. The molecule has 3 aromatic rings. The molecular formula is C12H9FN4O. The number of benzene rings is 2. The summed E-state index contributed by atoms with van der Waals surface area (Å²) in [4.78, 5) is 0. The van der Waals surface area contributed by atoms with Crippen LogP contribution in [0.15, 0.2) is 41.0 Å². The third-order valence-electron chi connectivity index (χ3n) is 2.55. The van der Waals surface area contributed by atoms with Crippen LogP contribution in [0, 0.1) is 5.82 Å². The fourth-order valence-corrected chi connectivity index (χ4v) is 1.71. The minimum atomic E-state index is -0.315. The molecule has 18 heavy (non-hydrogen) atoms. The van der Waals surface area contributed by atoms with Gasteiger partial charge in [0, 0.05) is 5.69 Å². The zero-order valence-corrected chi connectivity index (χ0v) is 9.22. The zero-order valence-electron chi connectivity index (χ0n) is 9.22. The quantitative estimate of drug-likeness (QED) is 0.678. The fraction of sp³-hybridized carbons (Fsp3) is 0. The van der Waals surface area contributed by atoms with Crippen LogP contribution >= 0.6 is 0 Å². The highest BCUT2D eigenvalue weighted by Gasteiger charge is 2.10. The van der Waals surface area contributed by atoms with Gasteiger partial charge in [0.05, 0.1) is 11.4 Å². The number of hydrogen-bond acceptors (Lipinski definition) is 5. The Hall–Kier alpha value is -2.63. The van der Waals surface area contributed by atoms with Crippen LogP contribution in [-0.2, 0) is 0 Å². The summed E-state index contributed by atoms with van der Waals surface area (Å²) in [5, 5.41) is 10.5. The van der Waals surface area contributed by atoms with Crippen molar-refractivity contribution in [1.29, 1.82) is 0 Å². The maximum absolute atomic E-state index is 13.1. The molecule has 0 spiro atoms. The lowest BCUT2D eigenvalue weighted by atomic mass is 10.2. The summed E-state index contributed by atoms with van der Waals surface area (Å²) in [6.07, 6.45) is 0. The Morgan fingerprint density at radius 3 is 2.78 bits per heavy atom. The molecule has 0 aliphatic heterocycles. The maximum Gasteiger partial charge on any atom is 0.160 e. The van der Waals surface area contributed by atoms with Crippen LogP contribution in [0.4, 0.5) is 21.5 Å². The van der Waals surface area contributed by atoms with E-state index in [1.54, 1.807) is 24.3 Å². The average Bonchev–Trinajstić information content (AvgIpc) is 2.83. The van der Waals surface area contributed by atoms with E-state index in [1.165, 1.54) is 12.1 Å². The zero-order chi connectivity index (χ0) is 12.5. The van der Waals surface area contributed by atoms with Gasteiger partial charge < -0.3 is 11.1 Å². The molecule has 2 aromatic carbocycles. The van der Waals surface area contributed by atoms with E-state index in [0.29, 0.717) is 28.1 Å². The van der Waals surface area contributed by atoms with Crippen LogP contribution in [0.2, 0.25) is 0 Å². The van der Waals surface area contributed by atoms with Gasteiger partial charge in [-0.25, -0.2) is 9.02 Å². The van der Waals surface area contributed by atoms with Crippen molar-refractivity contribution >= 4 is 28.1 Å². The second-order valence-electron chi connectivity index (χ2n) is 3.80. The molecule has 1 aromatic heterocycles. The lowest BCUT2D eigenvalue weighted by molar-refractivity contribution is 0.316. The topological polar surface area (TPSA) is 77.0 Å². The van der Waals surface area contributed by atoms with Gasteiger partial charge in [-0.15, -0.1) is 0 Å². The van der Waals surface area contributed by atoms with Crippen molar-refractivity contribution in [2.45, 2.75) is 0 Å². The lowest BCUT2D eigenvalue weighted by Gasteiger charge is -2.06. The van der Waals surface area contributed by atoms with Crippen LogP contribution in [-0.4, -0.2) is 10.3 Å². The van der Waals surface area contributed by atoms with Gasteiger partial charge in [0.1, 0.15) is 5.82 Å². The number of nitrogens with one attached hydrogen (secondary N) is 1. The van der Waals surface area contributed by atoms with E-state index in [9.17, 15) is 4.39 Å². The fourth-order valence-electron chi connectivity index (χ4n) is 1.71. The molecule has 0 amide bonds. The van der Waals surface area contributed by atoms with Crippen LogP contribution in [0.25, 0.3) is 11.0 Å². The van der Waals surface area contributed by atoms with Crippen molar-refractivity contribution < 1.29 is 9.02 Å². The van der Waals surface area contributed by atoms with Gasteiger partial charge in [0.15, 0.2) is 11.0 Å². The second kappa shape index (κ2) is 3.99. The molecule has 0 aliphatic carbocycles. The molecule has 5 nitrogen and oxygen atoms in total. The third-order valence-corrected chi connectivity index (χ3v) is 2.55. The van der Waals surface area contributed by atoms with Crippen molar-refractivity contribution in [2.75, 3.05) is 11.1 Å². The lowest BCUT2D eigenvalue weighted by Crippen LogP contribution is -1.94. The van der Waals surface area contributed by atoms with Gasteiger partial charge >= 0.3 is 0 Å². The average molecular weight is 244 g/mol. The van der Waals surface area contributed by atoms with E-state index in [2.05, 4.69) is 20.3 Å². The largest absolute Gasteiger partial charge is 0.397 e. The monoisotopic (exact) mass is 244 g/mol. The molecule has 3 N–H and O–H groups in total. The predicted molar refractivity (Wildman–Crippen MR) is 65.9 cm³/mol. The SMILES string of the molecule is Nc1ccc(Nc2cccc(F)c2)c2nonc12. The van der Waals surface area contributed by atoms with Crippen molar-refractivity contribution in [3.05, 3.63) is 42.2 Å². The van der Waals surface area contributed by atoms with Gasteiger partial charge in [-0.3, -0.25) is 0 Å². The summed E-state index contributed by atoms with van der Waals surface area (Å²) in [5.41, 5.74) is 8.49. The molecule has 0 saturated carbocycles. The number of rotatable bonds is 2. The number of nitrogens with two attached hydrogens (primary N) is 1. The van der Waals surface area contributed by atoms with Crippen molar-refractivity contribution in [3.63, 3.8) is 0 Å². The second-order valence-corrected chi connectivity index (χ2v) is 3.80. The molecule has 0 saturated heterocycles. The van der Waals surface area contributed by atoms with Gasteiger partial charge in [0.2, 0.25) is 0 Å². The molecule has 6 heteroatoms. The molecule has 0 atom stereocenters. The van der Waals surface area contributed by atoms with Crippen LogP contribution in [0.3, 0.4) is 0 Å². The highest BCUT2D eigenvalue weighted by Crippen LogP contribution is 2.27. The highest BCUT2D eigenvalue weighted by atomic mass is 19.1. The van der Waals surface area contributed by atoms with E-state index in [0.717, 1.165) is 0 Å². The van der Waals surface area contributed by atoms with E-state index in [4.69, 9.17) is 5.73 Å². The van der Waals surface area contributed by atoms with Gasteiger partial charge in [-0.1, -0.05) is 6.07 Å². The predicted octanol–water partition coefficient (Wildman–Crippen LogP) is 2.69. The Bertz CT molecular complexity index is 710. The molecule has 1 heterocycles. The Morgan fingerprint density at radius 2 is 1.94 bits per heavy atom. The maximum atomic E-state index is 13.1. The van der Waals surface area contributed by atoms with Crippen molar-refractivity contribution in [2.24, 2.45) is 0 Å². The summed E-state index contributed by atoms with van der Waals surface area (Å²) in [7, 11) is 0. The Balaban J connectivity index is 2.05. The molecular weight excluding hydrogens is 235 g/mol. The number of halogens is 1. The first-order valence-electron chi connectivity index (χ1n) is 5.27. The standard InChI is InChI=1S/C12H9FN4O/c13-7-2-1-3-8(6-7)15-10-5-4-9(14)11-12(10)17-18-16-11/h1-6,15H,14H2. The van der Waals surface area contributed by atoms with E-state index < -0.39 is 0 Å². The molecule has 0 fully saturated rings. The summed E-state index contributed by atoms with van der Waals surface area (Å²) in [6, 6.07) is 9.56. The minimum Gasteiger partial charge on any atom is -0.397 e. The Labute approximate surface area is 101 Å². The van der Waals surface area contributed by atoms with Crippen LogP contribution in [0.5, 0.6) is 0 Å². The first-order chi connectivity index (χ1) is 8.74. The molecule has 0 unspecified atom stereocenters. The molecule has 3 rings (SSSR count). The number of fused-ring (bicyclic) bond motifs is 1. The first-order valence-corrected chi connectivity index (χ1v) is 5.27. The Morgan fingerprint density at radius 1 is 1.11 bits per heavy atom. The van der Waals surface area contributed by atoms with E-state index in [-0.39, 0.29) is 5.82 Å². The van der Waals surface area contributed by atoms with Gasteiger partial charge in [0.25, 0.3) is 0 Å². The number of aromatic nitrogens is 2. The number of nitrogen functional groups attached to an aromatic ring is 1. The van der Waals surface area contributed by atoms with Crippen LogP contribution < -0.4 is 11.1 Å². The molecule has 0 aliphatic rings. The van der Waals surface area contributed by atoms with Gasteiger partial charge in [-0.05, 0) is 40.6 Å². The normalized spacial score (nSPS) is 10.7. The molecule has 0 bridgehead atoms. The minimum absolute atomic E-state index is 0.315. The summed E-state index contributed by atoms with van der Waals surface area (Å²) < 4.78 is 17.7. The Kier molecular flexibility index (Phi) is 2.33. The van der Waals surface area contributed by atoms with Crippen LogP contribution in [0.1, 0.15) is 0 Å². The van der Waals surface area contributed by atoms with Crippen molar-refractivity contribution in [1.82, 2.24) is 10.3 Å². The third kappa shape index (κ3) is 1.73. The molecule has 90 valence electrons.